The highest BCUT2D eigenvalue weighted by Gasteiger charge is 2.34. The van der Waals surface area contributed by atoms with E-state index in [0.717, 1.165) is 29.0 Å². The van der Waals surface area contributed by atoms with Crippen LogP contribution in [0.25, 0.3) is 0 Å². The zero-order valence-corrected chi connectivity index (χ0v) is 19.2. The first-order chi connectivity index (χ1) is 16.0. The molecule has 0 aromatic heterocycles. The molecule has 0 radical (unpaired) electrons. The second kappa shape index (κ2) is 10.5. The molecule has 182 valence electrons. The highest BCUT2D eigenvalue weighted by molar-refractivity contribution is 8.13. The Hall–Kier alpha value is -3.08. The minimum atomic E-state index is -4.80. The monoisotopic (exact) mass is 498 g/mol. The smallest absolute Gasteiger partial charge is 0.419 e. The number of ether oxygens (including phenoxy) is 1. The molecule has 6 nitrogen and oxygen atoms in total. The molecule has 0 aliphatic carbocycles. The highest BCUT2D eigenvalue weighted by Crippen LogP contribution is 2.34. The summed E-state index contributed by atoms with van der Waals surface area (Å²) in [5.74, 6) is -1.86. The van der Waals surface area contributed by atoms with Gasteiger partial charge in [0.2, 0.25) is 11.8 Å². The summed E-state index contributed by atoms with van der Waals surface area (Å²) in [6.45, 7) is 0.673. The average Bonchev–Trinajstić information content (AvgIpc) is 2.76. The van der Waals surface area contributed by atoms with Gasteiger partial charge in [0.15, 0.2) is 5.62 Å². The van der Waals surface area contributed by atoms with E-state index in [1.807, 2.05) is 0 Å². The second-order valence-electron chi connectivity index (χ2n) is 7.90. The predicted octanol–water partition coefficient (Wildman–Crippen LogP) is 4.29. The van der Waals surface area contributed by atoms with Crippen molar-refractivity contribution in [3.8, 4) is 11.5 Å². The lowest BCUT2D eigenvalue weighted by Crippen LogP contribution is -2.40. The van der Waals surface area contributed by atoms with Crippen molar-refractivity contribution in [1.82, 2.24) is 9.80 Å². The largest absolute Gasteiger partial charge is 0.457 e. The van der Waals surface area contributed by atoms with Crippen molar-refractivity contribution in [2.45, 2.75) is 30.8 Å². The fourth-order valence-corrected chi connectivity index (χ4v) is 4.27. The van der Waals surface area contributed by atoms with Gasteiger partial charge < -0.3 is 14.5 Å². The average molecular weight is 498 g/mol. The van der Waals surface area contributed by atoms with Gasteiger partial charge in [-0.2, -0.15) is 13.2 Å². The van der Waals surface area contributed by atoms with E-state index in [-0.39, 0.29) is 36.3 Å². The summed E-state index contributed by atoms with van der Waals surface area (Å²) < 4.78 is 57.6. The van der Waals surface area contributed by atoms with Gasteiger partial charge in [0.25, 0.3) is 0 Å². The number of hydrogen-bond acceptors (Lipinski definition) is 5. The molecule has 0 fully saturated rings. The van der Waals surface area contributed by atoms with E-state index in [4.69, 9.17) is 4.74 Å². The zero-order chi connectivity index (χ0) is 25.0. The van der Waals surface area contributed by atoms with Crippen molar-refractivity contribution in [2.75, 3.05) is 20.6 Å². The molecule has 34 heavy (non-hydrogen) atoms. The number of rotatable bonds is 7. The number of carbonyl (C=O) groups is 3. The Labute approximate surface area is 197 Å². The Morgan fingerprint density at radius 1 is 1.15 bits per heavy atom. The normalized spacial score (nSPS) is 14.2. The molecule has 0 spiro atoms. The quantitative estimate of drug-likeness (QED) is 0.421. The lowest BCUT2D eigenvalue weighted by Gasteiger charge is -2.30. The van der Waals surface area contributed by atoms with Crippen molar-refractivity contribution >= 4 is 29.2 Å². The molecular weight excluding hydrogens is 476 g/mol. The van der Waals surface area contributed by atoms with E-state index in [1.165, 1.54) is 4.90 Å². The van der Waals surface area contributed by atoms with Crippen molar-refractivity contribution in [1.29, 1.82) is 0 Å². The first kappa shape index (κ1) is 25.5. The fourth-order valence-electron chi connectivity index (χ4n) is 3.57. The van der Waals surface area contributed by atoms with Crippen molar-refractivity contribution in [3.05, 3.63) is 58.9 Å². The summed E-state index contributed by atoms with van der Waals surface area (Å²) in [5.41, 5.74) is 0.901. The number of thioether (sulfide) groups is 1. The van der Waals surface area contributed by atoms with Crippen LogP contribution in [0.5, 0.6) is 11.5 Å². The van der Waals surface area contributed by atoms with Gasteiger partial charge in [0.05, 0.1) is 10.8 Å². The van der Waals surface area contributed by atoms with Crippen molar-refractivity contribution < 1.29 is 36.7 Å². The van der Waals surface area contributed by atoms with Gasteiger partial charge in [0.1, 0.15) is 17.3 Å². The first-order valence-corrected chi connectivity index (χ1v) is 11.2. The number of halogens is 4. The number of hydrogen-bond donors (Lipinski definition) is 0. The molecule has 3 rings (SSSR count). The third-order valence-corrected chi connectivity index (χ3v) is 6.13. The molecule has 0 bridgehead atoms. The molecule has 0 N–H and O–H groups in total. The number of nitrogens with zero attached hydrogens (tertiary/aromatic N) is 2. The van der Waals surface area contributed by atoms with Gasteiger partial charge in [-0.25, -0.2) is 4.39 Å². The lowest BCUT2D eigenvalue weighted by atomic mass is 9.99. The van der Waals surface area contributed by atoms with Gasteiger partial charge >= 0.3 is 6.18 Å². The highest BCUT2D eigenvalue weighted by atomic mass is 32.2. The molecule has 1 aliphatic rings. The second-order valence-corrected chi connectivity index (χ2v) is 8.93. The van der Waals surface area contributed by atoms with E-state index >= 15 is 0 Å². The molecule has 2 aromatic rings. The Bertz CT molecular complexity index is 1090. The van der Waals surface area contributed by atoms with Crippen LogP contribution >= 0.6 is 11.8 Å². The number of amides is 2. The van der Waals surface area contributed by atoms with E-state index in [0.29, 0.717) is 30.7 Å². The molecule has 1 atom stereocenters. The number of benzene rings is 2. The van der Waals surface area contributed by atoms with Crippen LogP contribution in [0.3, 0.4) is 0 Å². The SMILES string of the molecule is CN(C)C(=O)C(CC(=O)N1CCc2ccc(Oc3ccc(C(F)(F)F)c(F)c3)cc2C1)SC=O. The lowest BCUT2D eigenvalue weighted by molar-refractivity contribution is -0.140. The molecule has 0 saturated carbocycles. The molecule has 1 heterocycles. The van der Waals surface area contributed by atoms with Gasteiger partial charge in [-0.15, -0.1) is 0 Å². The summed E-state index contributed by atoms with van der Waals surface area (Å²) in [7, 11) is 3.10. The topological polar surface area (TPSA) is 66.9 Å². The number of carbonyl (C=O) groups excluding carboxylic acids is 3. The molecule has 11 heteroatoms. The Balaban J connectivity index is 1.71. The molecule has 1 aliphatic heterocycles. The van der Waals surface area contributed by atoms with Gasteiger partial charge in [-0.05, 0) is 41.8 Å². The van der Waals surface area contributed by atoms with Crippen LogP contribution in [0.1, 0.15) is 23.1 Å². The van der Waals surface area contributed by atoms with E-state index < -0.39 is 22.8 Å². The standard InChI is InChI=1S/C23H22F4N2O4S/c1-28(2)22(32)20(34-13-30)11-21(31)29-8-7-14-3-4-16(9-15(14)12-29)33-17-5-6-18(19(24)10-17)23(25,26)27/h3-6,9-10,13,20H,7-8,11-12H2,1-2H3. The Kier molecular flexibility index (Phi) is 7.86. The van der Waals surface area contributed by atoms with Crippen LogP contribution in [0.15, 0.2) is 36.4 Å². The van der Waals surface area contributed by atoms with Crippen LogP contribution < -0.4 is 4.74 Å². The minimum Gasteiger partial charge on any atom is -0.457 e. The van der Waals surface area contributed by atoms with Gasteiger partial charge in [-0.1, -0.05) is 17.8 Å². The molecule has 2 amide bonds. The molecular formula is C23H22F4N2O4S. The van der Waals surface area contributed by atoms with Crippen LogP contribution in [-0.2, 0) is 33.5 Å². The van der Waals surface area contributed by atoms with E-state index in [1.54, 1.807) is 37.2 Å². The summed E-state index contributed by atoms with van der Waals surface area (Å²) in [6, 6.07) is 7.38. The third-order valence-electron chi connectivity index (χ3n) is 5.32. The minimum absolute atomic E-state index is 0.0925. The maximum atomic E-state index is 13.8. The van der Waals surface area contributed by atoms with Gasteiger partial charge in [-0.3, -0.25) is 14.4 Å². The number of fused-ring (bicyclic) bond motifs is 1. The summed E-state index contributed by atoms with van der Waals surface area (Å²) in [6.07, 6.45) is -4.37. The van der Waals surface area contributed by atoms with E-state index in [9.17, 15) is 31.9 Å². The first-order valence-electron chi connectivity index (χ1n) is 10.2. The zero-order valence-electron chi connectivity index (χ0n) is 18.4. The van der Waals surface area contributed by atoms with Crippen molar-refractivity contribution in [2.24, 2.45) is 0 Å². The summed E-state index contributed by atoms with van der Waals surface area (Å²) in [4.78, 5) is 38.9. The molecule has 1 unspecified atom stereocenters. The van der Waals surface area contributed by atoms with Gasteiger partial charge in [0, 0.05) is 39.7 Å². The maximum Gasteiger partial charge on any atom is 0.419 e. The maximum absolute atomic E-state index is 13.8. The third kappa shape index (κ3) is 6.07. The molecule has 0 saturated heterocycles. The van der Waals surface area contributed by atoms with Crippen LogP contribution in [0.4, 0.5) is 17.6 Å². The van der Waals surface area contributed by atoms with Crippen LogP contribution in [0, 0.1) is 5.82 Å². The Morgan fingerprint density at radius 2 is 1.82 bits per heavy atom. The summed E-state index contributed by atoms with van der Waals surface area (Å²) >= 11 is 0.758. The Morgan fingerprint density at radius 3 is 2.44 bits per heavy atom. The van der Waals surface area contributed by atoms with E-state index in [2.05, 4.69) is 0 Å². The number of alkyl halides is 3. The molecule has 2 aromatic carbocycles. The fraction of sp³-hybridized carbons (Fsp3) is 0.348. The summed E-state index contributed by atoms with van der Waals surface area (Å²) in [5, 5.41) is -0.814. The predicted molar refractivity (Wildman–Crippen MR) is 118 cm³/mol. The van der Waals surface area contributed by atoms with Crippen molar-refractivity contribution in [3.63, 3.8) is 0 Å². The van der Waals surface area contributed by atoms with Crippen LogP contribution in [-0.4, -0.2) is 53.1 Å². The van der Waals surface area contributed by atoms with Crippen LogP contribution in [0.2, 0.25) is 0 Å².